The monoisotopic (exact) mass is 270 g/mol. The fourth-order valence-corrected chi connectivity index (χ4v) is 1.49. The smallest absolute Gasteiger partial charge is 0.328 e. The van der Waals surface area contributed by atoms with Crippen molar-refractivity contribution in [3.8, 4) is 6.07 Å². The molecule has 1 heterocycles. The van der Waals surface area contributed by atoms with E-state index in [2.05, 4.69) is 4.98 Å². The van der Waals surface area contributed by atoms with Crippen LogP contribution in [-0.2, 0) is 9.53 Å². The molecule has 96 valence electrons. The summed E-state index contributed by atoms with van der Waals surface area (Å²) in [5, 5.41) is 8.69. The Labute approximate surface area is 109 Å². The van der Waals surface area contributed by atoms with Crippen molar-refractivity contribution < 1.29 is 13.9 Å². The van der Waals surface area contributed by atoms with E-state index in [1.807, 2.05) is 6.92 Å². The Bertz CT molecular complexity index is 474. The van der Waals surface area contributed by atoms with Crippen LogP contribution in [0.15, 0.2) is 12.4 Å². The van der Waals surface area contributed by atoms with Gasteiger partial charge in [0.05, 0.1) is 23.9 Å². The van der Waals surface area contributed by atoms with Crippen LogP contribution in [0.3, 0.4) is 0 Å². The van der Waals surface area contributed by atoms with Crippen molar-refractivity contribution >= 4 is 17.6 Å². The van der Waals surface area contributed by atoms with Crippen molar-refractivity contribution in [2.75, 3.05) is 6.61 Å². The first-order chi connectivity index (χ1) is 8.61. The summed E-state index contributed by atoms with van der Waals surface area (Å²) in [5.74, 6) is -2.76. The van der Waals surface area contributed by atoms with Crippen LogP contribution >= 0.6 is 11.6 Å². The van der Waals surface area contributed by atoms with E-state index in [4.69, 9.17) is 21.6 Å². The standard InChI is InChI=1S/C12H12ClFN2O2/c1-2-3-4-18-12(17)8(5-15)9-6-16-7-10(14)11(9)13/h6-8H,2-4H2,1H3. The maximum absolute atomic E-state index is 13.2. The minimum absolute atomic E-state index is 0.0284. The Kier molecular flexibility index (Phi) is 5.53. The lowest BCUT2D eigenvalue weighted by Crippen LogP contribution is -2.16. The van der Waals surface area contributed by atoms with Gasteiger partial charge in [0.15, 0.2) is 11.7 Å². The third-order valence-corrected chi connectivity index (χ3v) is 2.68. The van der Waals surface area contributed by atoms with Gasteiger partial charge in [0, 0.05) is 11.8 Å². The first-order valence-electron chi connectivity index (χ1n) is 5.47. The lowest BCUT2D eigenvalue weighted by molar-refractivity contribution is -0.144. The van der Waals surface area contributed by atoms with Crippen LogP contribution in [0.2, 0.25) is 5.02 Å². The zero-order valence-corrected chi connectivity index (χ0v) is 10.6. The SMILES string of the molecule is CCCCOC(=O)C(C#N)c1cncc(F)c1Cl. The molecule has 0 radical (unpaired) electrons. The van der Waals surface area contributed by atoms with Gasteiger partial charge in [0.1, 0.15) is 0 Å². The van der Waals surface area contributed by atoms with Gasteiger partial charge in [-0.1, -0.05) is 24.9 Å². The summed E-state index contributed by atoms with van der Waals surface area (Å²) in [6.07, 6.45) is 3.69. The van der Waals surface area contributed by atoms with Gasteiger partial charge in [0.2, 0.25) is 0 Å². The van der Waals surface area contributed by atoms with Gasteiger partial charge in [-0.05, 0) is 6.42 Å². The molecule has 0 fully saturated rings. The van der Waals surface area contributed by atoms with E-state index in [1.165, 1.54) is 6.20 Å². The fraction of sp³-hybridized carbons (Fsp3) is 0.417. The number of nitrogens with zero attached hydrogens (tertiary/aromatic N) is 2. The molecule has 0 saturated carbocycles. The molecule has 0 spiro atoms. The first-order valence-corrected chi connectivity index (χ1v) is 5.84. The molecule has 1 rings (SSSR count). The number of rotatable bonds is 5. The molecule has 18 heavy (non-hydrogen) atoms. The second-order valence-corrected chi connectivity index (χ2v) is 3.99. The second kappa shape index (κ2) is 6.92. The number of carbonyl (C=O) groups is 1. The Morgan fingerprint density at radius 3 is 3.00 bits per heavy atom. The van der Waals surface area contributed by atoms with Crippen molar-refractivity contribution in [1.29, 1.82) is 5.26 Å². The number of aromatic nitrogens is 1. The molecule has 0 aliphatic carbocycles. The zero-order valence-electron chi connectivity index (χ0n) is 9.82. The van der Waals surface area contributed by atoms with Crippen molar-refractivity contribution in [2.24, 2.45) is 0 Å². The number of ether oxygens (including phenoxy) is 1. The zero-order chi connectivity index (χ0) is 13.5. The van der Waals surface area contributed by atoms with Crippen LogP contribution in [0.4, 0.5) is 4.39 Å². The van der Waals surface area contributed by atoms with E-state index >= 15 is 0 Å². The Morgan fingerprint density at radius 1 is 1.67 bits per heavy atom. The molecule has 0 amide bonds. The molecule has 0 aliphatic heterocycles. The number of unbranched alkanes of at least 4 members (excludes halogenated alkanes) is 1. The van der Waals surface area contributed by atoms with Crippen LogP contribution in [0.5, 0.6) is 0 Å². The molecule has 6 heteroatoms. The average molecular weight is 271 g/mol. The molecule has 0 bridgehead atoms. The van der Waals surface area contributed by atoms with E-state index in [0.29, 0.717) is 6.42 Å². The van der Waals surface area contributed by atoms with Crippen molar-refractivity contribution in [1.82, 2.24) is 4.98 Å². The summed E-state index contributed by atoms with van der Waals surface area (Å²) in [4.78, 5) is 15.2. The number of nitriles is 1. The molecule has 1 atom stereocenters. The van der Waals surface area contributed by atoms with Crippen LogP contribution in [0.1, 0.15) is 31.2 Å². The summed E-state index contributed by atoms with van der Waals surface area (Å²) >= 11 is 5.70. The second-order valence-electron chi connectivity index (χ2n) is 3.61. The number of esters is 1. The number of halogens is 2. The van der Waals surface area contributed by atoms with Crippen molar-refractivity contribution in [3.63, 3.8) is 0 Å². The summed E-state index contributed by atoms with van der Waals surface area (Å²) in [6.45, 7) is 2.18. The normalized spacial score (nSPS) is 11.7. The van der Waals surface area contributed by atoms with Gasteiger partial charge < -0.3 is 4.74 Å². The maximum Gasteiger partial charge on any atom is 0.328 e. The fourth-order valence-electron chi connectivity index (χ4n) is 1.29. The first kappa shape index (κ1) is 14.4. The Hall–Kier alpha value is -1.67. The minimum atomic E-state index is -1.25. The van der Waals surface area contributed by atoms with E-state index in [-0.39, 0.29) is 17.2 Å². The van der Waals surface area contributed by atoms with Gasteiger partial charge in [-0.2, -0.15) is 5.26 Å². The predicted molar refractivity (Wildman–Crippen MR) is 63.4 cm³/mol. The van der Waals surface area contributed by atoms with Gasteiger partial charge in [-0.3, -0.25) is 9.78 Å². The summed E-state index contributed by atoms with van der Waals surface area (Å²) in [5.41, 5.74) is 0.0284. The molecule has 1 aromatic rings. The summed E-state index contributed by atoms with van der Waals surface area (Å²) < 4.78 is 18.1. The van der Waals surface area contributed by atoms with Crippen molar-refractivity contribution in [3.05, 3.63) is 28.8 Å². The highest BCUT2D eigenvalue weighted by Crippen LogP contribution is 2.26. The molecular formula is C12H12ClFN2O2. The van der Waals surface area contributed by atoms with Crippen LogP contribution < -0.4 is 0 Å². The Morgan fingerprint density at radius 2 is 2.39 bits per heavy atom. The third-order valence-electron chi connectivity index (χ3n) is 2.28. The lowest BCUT2D eigenvalue weighted by Gasteiger charge is -2.10. The van der Waals surface area contributed by atoms with Gasteiger partial charge in [-0.25, -0.2) is 4.39 Å². The summed E-state index contributed by atoms with van der Waals surface area (Å²) in [6, 6.07) is 1.75. The number of hydrogen-bond acceptors (Lipinski definition) is 4. The van der Waals surface area contributed by atoms with E-state index in [9.17, 15) is 9.18 Å². The van der Waals surface area contributed by atoms with E-state index < -0.39 is 17.7 Å². The molecule has 0 N–H and O–H groups in total. The minimum Gasteiger partial charge on any atom is -0.464 e. The van der Waals surface area contributed by atoms with Crippen LogP contribution in [-0.4, -0.2) is 17.6 Å². The molecule has 4 nitrogen and oxygen atoms in total. The Balaban J connectivity index is 2.87. The average Bonchev–Trinajstić information content (AvgIpc) is 2.36. The van der Waals surface area contributed by atoms with Gasteiger partial charge in [0.25, 0.3) is 0 Å². The predicted octanol–water partition coefficient (Wildman–Crippen LogP) is 2.82. The quantitative estimate of drug-likeness (QED) is 0.610. The van der Waals surface area contributed by atoms with Gasteiger partial charge in [-0.15, -0.1) is 0 Å². The van der Waals surface area contributed by atoms with Crippen molar-refractivity contribution in [2.45, 2.75) is 25.7 Å². The molecule has 0 aromatic carbocycles. The highest BCUT2D eigenvalue weighted by atomic mass is 35.5. The third kappa shape index (κ3) is 3.41. The van der Waals surface area contributed by atoms with Crippen LogP contribution in [0.25, 0.3) is 0 Å². The van der Waals surface area contributed by atoms with E-state index in [0.717, 1.165) is 12.6 Å². The highest BCUT2D eigenvalue weighted by molar-refractivity contribution is 6.31. The molecule has 0 saturated heterocycles. The van der Waals surface area contributed by atoms with E-state index in [1.54, 1.807) is 6.07 Å². The lowest BCUT2D eigenvalue weighted by atomic mass is 10.0. The van der Waals surface area contributed by atoms with Gasteiger partial charge >= 0.3 is 5.97 Å². The maximum atomic E-state index is 13.2. The molecule has 1 aromatic heterocycles. The number of carbonyl (C=O) groups excluding carboxylic acids is 1. The molecule has 0 aliphatic rings. The number of hydrogen-bond donors (Lipinski definition) is 0. The highest BCUT2D eigenvalue weighted by Gasteiger charge is 2.25. The molecule has 1 unspecified atom stereocenters. The molecular weight excluding hydrogens is 259 g/mol. The summed E-state index contributed by atoms with van der Waals surface area (Å²) in [7, 11) is 0. The largest absolute Gasteiger partial charge is 0.464 e. The topological polar surface area (TPSA) is 63.0 Å². The number of pyridine rings is 1. The van der Waals surface area contributed by atoms with Crippen LogP contribution in [0, 0.1) is 17.1 Å².